The molecular weight excluding hydrogens is 520 g/mol. The van der Waals surface area contributed by atoms with Gasteiger partial charge in [-0.1, -0.05) is 120 Å². The number of hydrogen-bond donors (Lipinski definition) is 0. The van der Waals surface area contributed by atoms with E-state index in [1.807, 2.05) is 0 Å². The number of allylic oxidation sites excluding steroid dienone is 17. The third-order valence-electron chi connectivity index (χ3n) is 11.0. The monoisotopic (exact) mass is 558 g/mol. The van der Waals surface area contributed by atoms with E-state index in [1.165, 1.54) is 22.3 Å². The molecule has 2 aromatic rings. The van der Waals surface area contributed by atoms with E-state index in [1.54, 1.807) is 27.9 Å². The maximum absolute atomic E-state index is 6.73. The van der Waals surface area contributed by atoms with Crippen molar-refractivity contribution in [2.24, 2.45) is 23.7 Å². The number of hydrogen-bond acceptors (Lipinski definition) is 1. The Labute approximate surface area is 255 Å². The molecule has 0 aromatic heterocycles. The number of ether oxygens (including phenoxy) is 1. The van der Waals surface area contributed by atoms with Gasteiger partial charge in [-0.3, -0.25) is 0 Å². The van der Waals surface area contributed by atoms with Gasteiger partial charge in [-0.25, -0.2) is 0 Å². The van der Waals surface area contributed by atoms with Gasteiger partial charge in [0.05, 0.1) is 0 Å². The molecular formula is C42H38O. The maximum Gasteiger partial charge on any atom is 0.125 e. The lowest BCUT2D eigenvalue weighted by atomic mass is 9.56. The standard InChI is InChI=1S/C42H38O/c1-2-14-27(15-3-1)29-17-6-7-19-31(29)39-32-20-8-10-22-34(32)40(35-23-11-9-21-33(35)39)42-30-18-5-4-16-28(30)26-38-41(42)36-24-12-13-25-37(36)43-38/h1-3,5-8,10-15,17-18,22-26,30-32,38,41-42H,4,9,16,19-21H2. The zero-order chi connectivity index (χ0) is 28.3. The van der Waals surface area contributed by atoms with E-state index < -0.39 is 0 Å². The molecule has 2 aromatic carbocycles. The zero-order valence-electron chi connectivity index (χ0n) is 24.7. The van der Waals surface area contributed by atoms with Gasteiger partial charge in [-0.05, 0) is 84.1 Å². The van der Waals surface area contributed by atoms with Crippen LogP contribution in [0.2, 0.25) is 0 Å². The highest BCUT2D eigenvalue weighted by Gasteiger charge is 2.50. The molecule has 0 radical (unpaired) electrons. The van der Waals surface area contributed by atoms with Crippen LogP contribution in [-0.4, -0.2) is 6.10 Å². The molecule has 6 unspecified atom stereocenters. The topological polar surface area (TPSA) is 9.23 Å². The Balaban J connectivity index is 1.28. The lowest BCUT2D eigenvalue weighted by molar-refractivity contribution is 0.201. The quantitative estimate of drug-likeness (QED) is 0.341. The van der Waals surface area contributed by atoms with Crippen molar-refractivity contribution >= 4 is 5.57 Å². The molecule has 0 N–H and O–H groups in total. The van der Waals surface area contributed by atoms with Crippen molar-refractivity contribution in [1.82, 2.24) is 0 Å². The van der Waals surface area contributed by atoms with Crippen molar-refractivity contribution in [3.63, 3.8) is 0 Å². The number of para-hydroxylation sites is 1. The second kappa shape index (κ2) is 10.3. The number of fused-ring (bicyclic) bond motifs is 6. The highest BCUT2D eigenvalue weighted by Crippen LogP contribution is 2.60. The predicted molar refractivity (Wildman–Crippen MR) is 176 cm³/mol. The zero-order valence-corrected chi connectivity index (χ0v) is 24.7. The molecule has 1 heterocycles. The predicted octanol–water partition coefficient (Wildman–Crippen LogP) is 10.2. The van der Waals surface area contributed by atoms with Crippen LogP contribution >= 0.6 is 0 Å². The molecule has 9 rings (SSSR count). The van der Waals surface area contributed by atoms with Gasteiger partial charge >= 0.3 is 0 Å². The summed E-state index contributed by atoms with van der Waals surface area (Å²) in [6, 6.07) is 20.0. The van der Waals surface area contributed by atoms with Gasteiger partial charge in [-0.15, -0.1) is 0 Å². The summed E-state index contributed by atoms with van der Waals surface area (Å²) >= 11 is 0. The lowest BCUT2D eigenvalue weighted by Gasteiger charge is -2.47. The third-order valence-corrected chi connectivity index (χ3v) is 11.0. The molecule has 6 atom stereocenters. The van der Waals surface area contributed by atoms with E-state index >= 15 is 0 Å². The van der Waals surface area contributed by atoms with Crippen LogP contribution in [0.3, 0.4) is 0 Å². The van der Waals surface area contributed by atoms with Gasteiger partial charge < -0.3 is 4.74 Å². The minimum Gasteiger partial charge on any atom is -0.485 e. The van der Waals surface area contributed by atoms with Crippen LogP contribution in [0.5, 0.6) is 5.75 Å². The summed E-state index contributed by atoms with van der Waals surface area (Å²) in [6.45, 7) is 0. The van der Waals surface area contributed by atoms with Gasteiger partial charge in [0.25, 0.3) is 0 Å². The molecule has 0 saturated heterocycles. The van der Waals surface area contributed by atoms with Crippen LogP contribution < -0.4 is 4.74 Å². The highest BCUT2D eigenvalue weighted by molar-refractivity contribution is 5.76. The van der Waals surface area contributed by atoms with Crippen molar-refractivity contribution in [1.29, 1.82) is 0 Å². The second-order valence-electron chi connectivity index (χ2n) is 13.2. The van der Waals surface area contributed by atoms with Crippen LogP contribution in [0.15, 0.2) is 155 Å². The average molecular weight is 559 g/mol. The van der Waals surface area contributed by atoms with E-state index in [-0.39, 0.29) is 6.10 Å². The fourth-order valence-corrected chi connectivity index (χ4v) is 9.38. The van der Waals surface area contributed by atoms with Gasteiger partial charge in [-0.2, -0.15) is 0 Å². The molecule has 0 spiro atoms. The Kier molecular flexibility index (Phi) is 6.06. The summed E-state index contributed by atoms with van der Waals surface area (Å²) < 4.78 is 6.73. The van der Waals surface area contributed by atoms with Crippen LogP contribution in [0.1, 0.15) is 55.6 Å². The molecule has 1 aliphatic heterocycles. The minimum absolute atomic E-state index is 0.115. The normalized spacial score (nSPS) is 31.7. The molecule has 212 valence electrons. The van der Waals surface area contributed by atoms with E-state index in [0.717, 1.165) is 44.3 Å². The third kappa shape index (κ3) is 3.97. The number of benzene rings is 2. The van der Waals surface area contributed by atoms with Crippen LogP contribution in [0, 0.1) is 23.7 Å². The van der Waals surface area contributed by atoms with Gasteiger partial charge in [0.15, 0.2) is 0 Å². The molecule has 0 bridgehead atoms. The summed E-state index contributed by atoms with van der Waals surface area (Å²) in [5.41, 5.74) is 13.8. The Hall–Kier alpha value is -4.10. The summed E-state index contributed by atoms with van der Waals surface area (Å²) in [5, 5.41) is 0. The average Bonchev–Trinajstić information content (AvgIpc) is 3.45. The van der Waals surface area contributed by atoms with E-state index in [0.29, 0.717) is 29.6 Å². The Morgan fingerprint density at radius 2 is 1.47 bits per heavy atom. The highest BCUT2D eigenvalue weighted by atomic mass is 16.5. The van der Waals surface area contributed by atoms with Crippen molar-refractivity contribution < 1.29 is 4.74 Å². The molecule has 0 fully saturated rings. The molecule has 43 heavy (non-hydrogen) atoms. The van der Waals surface area contributed by atoms with Crippen molar-refractivity contribution in [3.05, 3.63) is 166 Å². The molecule has 1 heteroatoms. The first-order valence-corrected chi connectivity index (χ1v) is 16.4. The molecule has 7 aliphatic rings. The van der Waals surface area contributed by atoms with Gasteiger partial charge in [0.2, 0.25) is 0 Å². The van der Waals surface area contributed by atoms with Crippen molar-refractivity contribution in [2.75, 3.05) is 0 Å². The Morgan fingerprint density at radius 1 is 0.698 bits per heavy atom. The fraction of sp³-hybridized carbons (Fsp3) is 0.286. The SMILES string of the molecule is C1=CCC2C(=C1)C(C1C3C=CCCC3=CC3Oc4ccccc4C31)=C1C=CCCC1=C2C1CC=CC=C1c1ccccc1. The Bertz CT molecular complexity index is 1760. The smallest absolute Gasteiger partial charge is 0.125 e. The van der Waals surface area contributed by atoms with E-state index in [4.69, 9.17) is 4.74 Å². The van der Waals surface area contributed by atoms with Gasteiger partial charge in [0, 0.05) is 35.2 Å². The summed E-state index contributed by atoms with van der Waals surface area (Å²) in [7, 11) is 0. The maximum atomic E-state index is 6.73. The largest absolute Gasteiger partial charge is 0.485 e. The first kappa shape index (κ1) is 25.4. The summed E-state index contributed by atoms with van der Waals surface area (Å²) in [5.74, 6) is 3.04. The van der Waals surface area contributed by atoms with Crippen LogP contribution in [0.4, 0.5) is 0 Å². The first-order valence-electron chi connectivity index (χ1n) is 16.4. The second-order valence-corrected chi connectivity index (χ2v) is 13.2. The van der Waals surface area contributed by atoms with E-state index in [9.17, 15) is 0 Å². The molecule has 0 amide bonds. The minimum atomic E-state index is 0.115. The summed E-state index contributed by atoms with van der Waals surface area (Å²) in [6.07, 6.45) is 33.6. The molecule has 1 nitrogen and oxygen atoms in total. The molecule has 6 aliphatic carbocycles. The van der Waals surface area contributed by atoms with Crippen molar-refractivity contribution in [2.45, 2.75) is 50.5 Å². The lowest BCUT2D eigenvalue weighted by Crippen LogP contribution is -2.39. The molecule has 0 saturated carbocycles. The number of rotatable bonds is 3. The van der Waals surface area contributed by atoms with E-state index in [2.05, 4.69) is 121 Å². The summed E-state index contributed by atoms with van der Waals surface area (Å²) in [4.78, 5) is 0. The fourth-order valence-electron chi connectivity index (χ4n) is 9.38. The van der Waals surface area contributed by atoms with Crippen molar-refractivity contribution in [3.8, 4) is 5.75 Å². The van der Waals surface area contributed by atoms with Gasteiger partial charge in [0.1, 0.15) is 11.9 Å². The Morgan fingerprint density at radius 3 is 2.35 bits per heavy atom. The van der Waals surface area contributed by atoms with Crippen LogP contribution in [-0.2, 0) is 0 Å². The van der Waals surface area contributed by atoms with Crippen LogP contribution in [0.25, 0.3) is 5.57 Å². The first-order chi connectivity index (χ1) is 21.4.